The number of rotatable bonds is 0. The summed E-state index contributed by atoms with van der Waals surface area (Å²) in [6, 6.07) is -0.0728. The number of ether oxygens (including phenoxy) is 1. The monoisotopic (exact) mass is 321 g/mol. The third-order valence-corrected chi connectivity index (χ3v) is 4.12. The van der Waals surface area contributed by atoms with Crippen LogP contribution in [0.1, 0.15) is 40.5 Å². The van der Waals surface area contributed by atoms with Crippen molar-refractivity contribution in [2.24, 2.45) is 9.98 Å². The van der Waals surface area contributed by atoms with Crippen LogP contribution in [0.4, 0.5) is 4.79 Å². The Balaban J connectivity index is 1.96. The Hall–Kier alpha value is -1.62. The summed E-state index contributed by atoms with van der Waals surface area (Å²) in [6.45, 7) is 7.63. The minimum absolute atomic E-state index is 0.0754. The Bertz CT molecular complexity index is 640. The van der Waals surface area contributed by atoms with Crippen molar-refractivity contribution in [1.29, 1.82) is 0 Å². The lowest BCUT2D eigenvalue weighted by molar-refractivity contribution is 0.0245. The summed E-state index contributed by atoms with van der Waals surface area (Å²) in [7, 11) is 0. The molecular weight excluding hydrogens is 302 g/mol. The van der Waals surface area contributed by atoms with E-state index in [1.807, 2.05) is 27.7 Å². The van der Waals surface area contributed by atoms with Gasteiger partial charge in [0.05, 0.1) is 17.6 Å². The molecule has 5 nitrogen and oxygen atoms in total. The molecule has 0 saturated carbocycles. The number of carbonyl (C=O) groups excluding carboxylic acids is 1. The molecule has 0 radical (unpaired) electrons. The third kappa shape index (κ3) is 2.70. The van der Waals surface area contributed by atoms with E-state index in [-0.39, 0.29) is 18.2 Å². The predicted octanol–water partition coefficient (Wildman–Crippen LogP) is 3.65. The van der Waals surface area contributed by atoms with E-state index < -0.39 is 5.60 Å². The van der Waals surface area contributed by atoms with Crippen molar-refractivity contribution in [2.45, 2.75) is 58.2 Å². The second kappa shape index (κ2) is 5.23. The zero-order valence-corrected chi connectivity index (χ0v) is 14.0. The lowest BCUT2D eigenvalue weighted by Crippen LogP contribution is -2.46. The van der Waals surface area contributed by atoms with E-state index in [1.165, 1.54) is 0 Å². The Kier molecular flexibility index (Phi) is 3.63. The summed E-state index contributed by atoms with van der Waals surface area (Å²) in [5.41, 5.74) is 2.23. The molecule has 0 aromatic carbocycles. The SMILES string of the molecule is CC1CCC2=C(C=NC3=CC(Cl)=NC32)N1C(=O)OC(C)(C)C. The smallest absolute Gasteiger partial charge is 0.415 e. The van der Waals surface area contributed by atoms with E-state index in [2.05, 4.69) is 9.98 Å². The molecule has 2 atom stereocenters. The van der Waals surface area contributed by atoms with Gasteiger partial charge < -0.3 is 4.74 Å². The number of nitrogens with zero attached hydrogens (tertiary/aromatic N) is 3. The van der Waals surface area contributed by atoms with Gasteiger partial charge in [-0.15, -0.1) is 0 Å². The fourth-order valence-corrected chi connectivity index (χ4v) is 3.16. The minimum atomic E-state index is -0.527. The van der Waals surface area contributed by atoms with Crippen LogP contribution < -0.4 is 0 Å². The lowest BCUT2D eigenvalue weighted by Gasteiger charge is -2.39. The minimum Gasteiger partial charge on any atom is -0.443 e. The van der Waals surface area contributed by atoms with E-state index in [4.69, 9.17) is 16.3 Å². The molecule has 0 N–H and O–H groups in total. The Morgan fingerprint density at radius 2 is 2.18 bits per heavy atom. The molecule has 0 bridgehead atoms. The van der Waals surface area contributed by atoms with Gasteiger partial charge in [-0.05, 0) is 52.2 Å². The van der Waals surface area contributed by atoms with Crippen LogP contribution in [0.25, 0.3) is 0 Å². The number of carbonyl (C=O) groups is 1. The van der Waals surface area contributed by atoms with Crippen molar-refractivity contribution >= 4 is 29.1 Å². The molecule has 22 heavy (non-hydrogen) atoms. The molecule has 1 amide bonds. The maximum absolute atomic E-state index is 12.6. The molecule has 0 aromatic rings. The highest BCUT2D eigenvalue weighted by molar-refractivity contribution is 6.68. The molecule has 3 aliphatic rings. The Morgan fingerprint density at radius 3 is 2.86 bits per heavy atom. The van der Waals surface area contributed by atoms with Crippen LogP contribution in [-0.4, -0.2) is 40.1 Å². The van der Waals surface area contributed by atoms with E-state index in [0.717, 1.165) is 29.8 Å². The second-order valence-electron chi connectivity index (χ2n) is 6.83. The van der Waals surface area contributed by atoms with Gasteiger partial charge in [0.25, 0.3) is 0 Å². The topological polar surface area (TPSA) is 54.3 Å². The summed E-state index contributed by atoms with van der Waals surface area (Å²) in [4.78, 5) is 23.1. The van der Waals surface area contributed by atoms with Crippen LogP contribution in [0.2, 0.25) is 0 Å². The largest absolute Gasteiger partial charge is 0.443 e. The maximum Gasteiger partial charge on any atom is 0.415 e. The number of halogens is 1. The van der Waals surface area contributed by atoms with Crippen LogP contribution >= 0.6 is 11.6 Å². The Labute approximate surface area is 135 Å². The molecule has 0 aliphatic carbocycles. The first-order chi connectivity index (χ1) is 10.3. The number of dihydropyridines is 1. The highest BCUT2D eigenvalue weighted by Gasteiger charge is 2.38. The van der Waals surface area contributed by atoms with Crippen LogP contribution in [0, 0.1) is 0 Å². The van der Waals surface area contributed by atoms with Gasteiger partial charge in [0.2, 0.25) is 0 Å². The normalized spacial score (nSPS) is 27.2. The molecule has 3 heterocycles. The van der Waals surface area contributed by atoms with Crippen LogP contribution in [0.15, 0.2) is 33.0 Å². The van der Waals surface area contributed by atoms with Gasteiger partial charge in [0.15, 0.2) is 0 Å². The van der Waals surface area contributed by atoms with Crippen LogP contribution in [-0.2, 0) is 4.74 Å². The second-order valence-corrected chi connectivity index (χ2v) is 7.22. The van der Waals surface area contributed by atoms with Crippen LogP contribution in [0.3, 0.4) is 0 Å². The van der Waals surface area contributed by atoms with Crippen molar-refractivity contribution < 1.29 is 9.53 Å². The van der Waals surface area contributed by atoms with Gasteiger partial charge in [0, 0.05) is 6.04 Å². The van der Waals surface area contributed by atoms with Crippen molar-refractivity contribution in [1.82, 2.24) is 4.90 Å². The summed E-state index contributed by atoms with van der Waals surface area (Å²) < 4.78 is 5.54. The number of fused-ring (bicyclic) bond motifs is 2. The fraction of sp³-hybridized carbons (Fsp3) is 0.562. The van der Waals surface area contributed by atoms with E-state index in [1.54, 1.807) is 17.2 Å². The number of allylic oxidation sites excluding steroid dienone is 2. The van der Waals surface area contributed by atoms with Gasteiger partial charge in [-0.2, -0.15) is 0 Å². The number of aliphatic imine (C=N–C) groups is 2. The molecule has 6 heteroatoms. The highest BCUT2D eigenvalue weighted by Crippen LogP contribution is 2.38. The van der Waals surface area contributed by atoms with Gasteiger partial charge in [-0.3, -0.25) is 14.9 Å². The molecular formula is C16H20ClN3O2. The van der Waals surface area contributed by atoms with Crippen molar-refractivity contribution in [3.63, 3.8) is 0 Å². The molecule has 3 aliphatic heterocycles. The summed E-state index contributed by atoms with van der Waals surface area (Å²) in [5.74, 6) is 0. The number of hydrogen-bond acceptors (Lipinski definition) is 4. The quantitative estimate of drug-likeness (QED) is 0.684. The van der Waals surface area contributed by atoms with Crippen LogP contribution in [0.5, 0.6) is 0 Å². The number of hydrogen-bond donors (Lipinski definition) is 0. The van der Waals surface area contributed by atoms with Gasteiger partial charge in [-0.25, -0.2) is 4.79 Å². The average Bonchev–Trinajstić information content (AvgIpc) is 2.76. The van der Waals surface area contributed by atoms with Crippen molar-refractivity contribution in [3.8, 4) is 0 Å². The first-order valence-corrected chi connectivity index (χ1v) is 7.88. The van der Waals surface area contributed by atoms with E-state index in [0.29, 0.717) is 5.17 Å². The average molecular weight is 322 g/mol. The summed E-state index contributed by atoms with van der Waals surface area (Å²) in [6.07, 6.45) is 4.95. The Morgan fingerprint density at radius 1 is 1.45 bits per heavy atom. The third-order valence-electron chi connectivity index (χ3n) is 3.92. The first kappa shape index (κ1) is 15.3. The lowest BCUT2D eigenvalue weighted by atomic mass is 9.90. The van der Waals surface area contributed by atoms with Crippen molar-refractivity contribution in [2.75, 3.05) is 0 Å². The molecule has 0 aromatic heterocycles. The maximum atomic E-state index is 12.6. The molecule has 118 valence electrons. The molecule has 0 saturated heterocycles. The van der Waals surface area contributed by atoms with Crippen molar-refractivity contribution in [3.05, 3.63) is 23.0 Å². The highest BCUT2D eigenvalue weighted by atomic mass is 35.5. The zero-order valence-electron chi connectivity index (χ0n) is 13.3. The van der Waals surface area contributed by atoms with E-state index in [9.17, 15) is 4.79 Å². The molecule has 0 spiro atoms. The van der Waals surface area contributed by atoms with Gasteiger partial charge >= 0.3 is 6.09 Å². The summed E-state index contributed by atoms with van der Waals surface area (Å²) in [5, 5.41) is 0.466. The molecule has 2 unspecified atom stereocenters. The first-order valence-electron chi connectivity index (χ1n) is 7.50. The molecule has 3 rings (SSSR count). The number of amides is 1. The zero-order chi connectivity index (χ0) is 16.1. The van der Waals surface area contributed by atoms with Gasteiger partial charge in [0.1, 0.15) is 16.8 Å². The van der Waals surface area contributed by atoms with E-state index >= 15 is 0 Å². The summed E-state index contributed by atoms with van der Waals surface area (Å²) >= 11 is 6.00. The predicted molar refractivity (Wildman–Crippen MR) is 87.4 cm³/mol. The standard InChI is InChI=1S/C16H20ClN3O2/c1-9-5-6-10-12(20(9)15(21)22-16(2,3)4)8-18-11-7-13(17)19-14(10)11/h7-9,14H,5-6H2,1-4H3. The van der Waals surface area contributed by atoms with Gasteiger partial charge in [-0.1, -0.05) is 11.6 Å². The molecule has 0 fully saturated rings. The fourth-order valence-electron chi connectivity index (χ4n) is 2.95.